The number of thioether (sulfide) groups is 1. The summed E-state index contributed by atoms with van der Waals surface area (Å²) >= 11 is 1.95. The van der Waals surface area contributed by atoms with Crippen molar-refractivity contribution in [1.82, 2.24) is 4.90 Å². The second kappa shape index (κ2) is 6.77. The van der Waals surface area contributed by atoms with Gasteiger partial charge in [0.2, 0.25) is 0 Å². The third-order valence-corrected chi connectivity index (χ3v) is 4.39. The number of nitrogens with two attached hydrogens (primary N) is 1. The molecular weight excluding hydrogens is 204 g/mol. The summed E-state index contributed by atoms with van der Waals surface area (Å²) in [6, 6.07) is 1.90. The highest BCUT2D eigenvalue weighted by Crippen LogP contribution is 2.24. The van der Waals surface area contributed by atoms with Crippen molar-refractivity contribution < 1.29 is 0 Å². The molecule has 1 aliphatic carbocycles. The van der Waals surface area contributed by atoms with Crippen LogP contribution in [-0.2, 0) is 0 Å². The van der Waals surface area contributed by atoms with Crippen molar-refractivity contribution in [1.29, 1.82) is 0 Å². The number of nitrogens with zero attached hydrogens (tertiary/aromatic N) is 1. The van der Waals surface area contributed by atoms with E-state index in [9.17, 15) is 0 Å². The van der Waals surface area contributed by atoms with E-state index in [-0.39, 0.29) is 0 Å². The van der Waals surface area contributed by atoms with Crippen LogP contribution in [0.2, 0.25) is 0 Å². The first-order valence-electron chi connectivity index (χ1n) is 6.15. The molecule has 90 valence electrons. The lowest BCUT2D eigenvalue weighted by molar-refractivity contribution is 0.138. The molecule has 2 N–H and O–H groups in total. The molecule has 3 unspecified atom stereocenters. The summed E-state index contributed by atoms with van der Waals surface area (Å²) in [7, 11) is 2.28. The van der Waals surface area contributed by atoms with Gasteiger partial charge in [0.1, 0.15) is 0 Å². The maximum Gasteiger partial charge on any atom is 0.0183 e. The van der Waals surface area contributed by atoms with Gasteiger partial charge in [-0.15, -0.1) is 0 Å². The van der Waals surface area contributed by atoms with Crippen LogP contribution < -0.4 is 5.73 Å². The van der Waals surface area contributed by atoms with E-state index in [0.717, 1.165) is 12.1 Å². The monoisotopic (exact) mass is 230 g/mol. The molecule has 2 nitrogen and oxygen atoms in total. The highest BCUT2D eigenvalue weighted by molar-refractivity contribution is 7.98. The zero-order valence-corrected chi connectivity index (χ0v) is 11.2. The van der Waals surface area contributed by atoms with Gasteiger partial charge in [-0.25, -0.2) is 0 Å². The van der Waals surface area contributed by atoms with Crippen molar-refractivity contribution in [2.75, 3.05) is 19.1 Å². The van der Waals surface area contributed by atoms with Crippen LogP contribution in [0.1, 0.15) is 39.0 Å². The molecule has 15 heavy (non-hydrogen) atoms. The predicted molar refractivity (Wildman–Crippen MR) is 70.5 cm³/mol. The summed E-state index contributed by atoms with van der Waals surface area (Å²) in [5.41, 5.74) is 6.05. The molecule has 0 spiro atoms. The molecule has 0 saturated heterocycles. The first-order valence-corrected chi connectivity index (χ1v) is 7.54. The van der Waals surface area contributed by atoms with Crippen LogP contribution in [-0.4, -0.2) is 42.1 Å². The molecule has 3 heteroatoms. The second-order valence-corrected chi connectivity index (χ2v) is 5.67. The average Bonchev–Trinajstić information content (AvgIpc) is 2.25. The molecule has 0 aromatic rings. The minimum atomic E-state index is 0.443. The standard InChI is InChI=1S/C12H26N2S/c1-4-11(9-15-3)14(2)12-7-5-6-10(13)8-12/h10-12H,4-9,13H2,1-3H3. The quantitative estimate of drug-likeness (QED) is 0.786. The van der Waals surface area contributed by atoms with Gasteiger partial charge in [-0.3, -0.25) is 4.90 Å². The van der Waals surface area contributed by atoms with E-state index in [1.54, 1.807) is 0 Å². The van der Waals surface area contributed by atoms with Gasteiger partial charge in [0.25, 0.3) is 0 Å². The van der Waals surface area contributed by atoms with Crippen LogP contribution in [0.5, 0.6) is 0 Å². The zero-order chi connectivity index (χ0) is 11.3. The fraction of sp³-hybridized carbons (Fsp3) is 1.00. The Bertz CT molecular complexity index is 175. The van der Waals surface area contributed by atoms with E-state index in [0.29, 0.717) is 6.04 Å². The van der Waals surface area contributed by atoms with Crippen molar-refractivity contribution >= 4 is 11.8 Å². The second-order valence-electron chi connectivity index (χ2n) is 4.76. The van der Waals surface area contributed by atoms with Gasteiger partial charge in [0.15, 0.2) is 0 Å². The highest BCUT2D eigenvalue weighted by Gasteiger charge is 2.26. The molecule has 0 amide bonds. The largest absolute Gasteiger partial charge is 0.328 e. The van der Waals surface area contributed by atoms with Gasteiger partial charge >= 0.3 is 0 Å². The van der Waals surface area contributed by atoms with Crippen LogP contribution in [0, 0.1) is 0 Å². The van der Waals surface area contributed by atoms with Gasteiger partial charge in [-0.1, -0.05) is 13.3 Å². The van der Waals surface area contributed by atoms with Gasteiger partial charge < -0.3 is 5.73 Å². The SMILES string of the molecule is CCC(CSC)N(C)C1CCCC(N)C1. The minimum Gasteiger partial charge on any atom is -0.328 e. The van der Waals surface area contributed by atoms with Crippen molar-refractivity contribution in [2.24, 2.45) is 5.73 Å². The molecular formula is C12H26N2S. The molecule has 1 rings (SSSR count). The first-order chi connectivity index (χ1) is 7.19. The van der Waals surface area contributed by atoms with Crippen molar-refractivity contribution in [3.8, 4) is 0 Å². The van der Waals surface area contributed by atoms with Gasteiger partial charge in [0, 0.05) is 23.9 Å². The first kappa shape index (κ1) is 13.3. The lowest BCUT2D eigenvalue weighted by atomic mass is 9.90. The molecule has 0 bridgehead atoms. The molecule has 0 aromatic carbocycles. The number of rotatable bonds is 5. The Morgan fingerprint density at radius 2 is 2.20 bits per heavy atom. The predicted octanol–water partition coefficient (Wildman–Crippen LogP) is 2.33. The van der Waals surface area contributed by atoms with Crippen LogP contribution in [0.25, 0.3) is 0 Å². The normalized spacial score (nSPS) is 29.4. The third-order valence-electron chi connectivity index (χ3n) is 3.67. The summed E-state index contributed by atoms with van der Waals surface area (Å²) < 4.78 is 0. The molecule has 0 aliphatic heterocycles. The Kier molecular flexibility index (Phi) is 6.02. The summed E-state index contributed by atoms with van der Waals surface area (Å²) in [5, 5.41) is 0. The Labute approximate surface area is 99.0 Å². The summed E-state index contributed by atoms with van der Waals surface area (Å²) in [4.78, 5) is 2.58. The fourth-order valence-corrected chi connectivity index (χ4v) is 3.44. The van der Waals surface area contributed by atoms with Crippen molar-refractivity contribution in [3.05, 3.63) is 0 Å². The molecule has 0 radical (unpaired) electrons. The average molecular weight is 230 g/mol. The molecule has 1 aliphatic rings. The lowest BCUT2D eigenvalue weighted by Crippen LogP contribution is -2.46. The van der Waals surface area contributed by atoms with E-state index >= 15 is 0 Å². The topological polar surface area (TPSA) is 29.3 Å². The third kappa shape index (κ3) is 3.97. The lowest BCUT2D eigenvalue weighted by Gasteiger charge is -2.38. The van der Waals surface area contributed by atoms with Gasteiger partial charge in [-0.05, 0) is 39.0 Å². The maximum absolute atomic E-state index is 6.05. The van der Waals surface area contributed by atoms with Crippen molar-refractivity contribution in [2.45, 2.75) is 57.2 Å². The number of hydrogen-bond donors (Lipinski definition) is 1. The fourth-order valence-electron chi connectivity index (χ4n) is 2.58. The number of hydrogen-bond acceptors (Lipinski definition) is 3. The van der Waals surface area contributed by atoms with E-state index < -0.39 is 0 Å². The Balaban J connectivity index is 2.45. The Morgan fingerprint density at radius 1 is 1.47 bits per heavy atom. The zero-order valence-electron chi connectivity index (χ0n) is 10.4. The van der Waals surface area contributed by atoms with E-state index in [1.165, 1.54) is 37.9 Å². The van der Waals surface area contributed by atoms with E-state index in [1.807, 2.05) is 11.8 Å². The smallest absolute Gasteiger partial charge is 0.0183 e. The van der Waals surface area contributed by atoms with Crippen LogP contribution >= 0.6 is 11.8 Å². The maximum atomic E-state index is 6.05. The minimum absolute atomic E-state index is 0.443. The van der Waals surface area contributed by atoms with E-state index in [4.69, 9.17) is 5.73 Å². The Morgan fingerprint density at radius 3 is 2.73 bits per heavy atom. The van der Waals surface area contributed by atoms with Gasteiger partial charge in [-0.2, -0.15) is 11.8 Å². The highest BCUT2D eigenvalue weighted by atomic mass is 32.2. The molecule has 1 fully saturated rings. The Hall–Kier alpha value is 0.270. The van der Waals surface area contributed by atoms with Gasteiger partial charge in [0.05, 0.1) is 0 Å². The van der Waals surface area contributed by atoms with Crippen molar-refractivity contribution in [3.63, 3.8) is 0 Å². The summed E-state index contributed by atoms with van der Waals surface area (Å²) in [6.45, 7) is 2.29. The summed E-state index contributed by atoms with van der Waals surface area (Å²) in [6.07, 6.45) is 8.53. The van der Waals surface area contributed by atoms with Crippen LogP contribution in [0.4, 0.5) is 0 Å². The molecule has 3 atom stereocenters. The van der Waals surface area contributed by atoms with E-state index in [2.05, 4.69) is 25.1 Å². The van der Waals surface area contributed by atoms with Crippen LogP contribution in [0.3, 0.4) is 0 Å². The van der Waals surface area contributed by atoms with Crippen LogP contribution in [0.15, 0.2) is 0 Å². The molecule has 0 heterocycles. The summed E-state index contributed by atoms with van der Waals surface area (Å²) in [5.74, 6) is 1.25. The molecule has 0 aromatic heterocycles. The molecule has 1 saturated carbocycles.